The molecule has 0 aliphatic carbocycles. The van der Waals surface area contributed by atoms with Crippen molar-refractivity contribution in [3.05, 3.63) is 20.8 Å². The summed E-state index contributed by atoms with van der Waals surface area (Å²) >= 11 is 5.38. The van der Waals surface area contributed by atoms with Crippen molar-refractivity contribution in [3.8, 4) is 0 Å². The van der Waals surface area contributed by atoms with Gasteiger partial charge in [0.15, 0.2) is 0 Å². The molecule has 2 rings (SSSR count). The normalized spacial score (nSPS) is 24.6. The minimum absolute atomic E-state index is 0.661. The standard InChI is InChI=1S/C12H19BrN2S/c1-10-8-14(2)6-3-7-15(10)9-11-4-5-12(13)16-11/h4-5,10H,3,6-9H2,1-2H3. The van der Waals surface area contributed by atoms with Crippen molar-refractivity contribution in [3.63, 3.8) is 0 Å². The third-order valence-corrected chi connectivity index (χ3v) is 4.78. The van der Waals surface area contributed by atoms with Gasteiger partial charge >= 0.3 is 0 Å². The number of thiophene rings is 1. The smallest absolute Gasteiger partial charge is 0.0701 e. The van der Waals surface area contributed by atoms with E-state index < -0.39 is 0 Å². The van der Waals surface area contributed by atoms with E-state index in [-0.39, 0.29) is 0 Å². The van der Waals surface area contributed by atoms with E-state index in [1.165, 1.54) is 34.7 Å². The average Bonchev–Trinajstić information content (AvgIpc) is 2.55. The van der Waals surface area contributed by atoms with E-state index in [1.54, 1.807) is 0 Å². The number of rotatable bonds is 2. The minimum atomic E-state index is 0.661. The quantitative estimate of drug-likeness (QED) is 0.828. The molecule has 1 saturated heterocycles. The SMILES string of the molecule is CC1CN(C)CCCN1Cc1ccc(Br)s1. The summed E-state index contributed by atoms with van der Waals surface area (Å²) in [5.41, 5.74) is 0. The fraction of sp³-hybridized carbons (Fsp3) is 0.667. The zero-order valence-electron chi connectivity index (χ0n) is 9.95. The monoisotopic (exact) mass is 302 g/mol. The molecule has 0 aromatic carbocycles. The van der Waals surface area contributed by atoms with Crippen molar-refractivity contribution in [2.75, 3.05) is 26.7 Å². The fourth-order valence-electron chi connectivity index (χ4n) is 2.29. The molecule has 0 N–H and O–H groups in total. The van der Waals surface area contributed by atoms with Crippen LogP contribution in [0.2, 0.25) is 0 Å². The van der Waals surface area contributed by atoms with Crippen molar-refractivity contribution in [1.29, 1.82) is 0 Å². The van der Waals surface area contributed by atoms with Crippen LogP contribution in [0.4, 0.5) is 0 Å². The van der Waals surface area contributed by atoms with Crippen LogP contribution in [-0.4, -0.2) is 42.5 Å². The Bertz CT molecular complexity index is 340. The lowest BCUT2D eigenvalue weighted by molar-refractivity contribution is 0.196. The molecule has 4 heteroatoms. The average molecular weight is 303 g/mol. The van der Waals surface area contributed by atoms with Crippen LogP contribution >= 0.6 is 27.3 Å². The molecule has 0 radical (unpaired) electrons. The molecule has 0 spiro atoms. The first kappa shape index (κ1) is 12.6. The van der Waals surface area contributed by atoms with Gasteiger partial charge in [-0.15, -0.1) is 11.3 Å². The molecule has 1 atom stereocenters. The molecular weight excluding hydrogens is 284 g/mol. The maximum absolute atomic E-state index is 3.53. The Morgan fingerprint density at radius 3 is 2.94 bits per heavy atom. The summed E-state index contributed by atoms with van der Waals surface area (Å²) in [4.78, 5) is 6.50. The lowest BCUT2D eigenvalue weighted by atomic mass is 10.2. The number of hydrogen-bond acceptors (Lipinski definition) is 3. The second kappa shape index (κ2) is 5.63. The van der Waals surface area contributed by atoms with Gasteiger partial charge in [-0.25, -0.2) is 0 Å². The van der Waals surface area contributed by atoms with E-state index in [0.717, 1.165) is 6.54 Å². The van der Waals surface area contributed by atoms with Gasteiger partial charge in [0.25, 0.3) is 0 Å². The molecule has 1 aromatic heterocycles. The highest BCUT2D eigenvalue weighted by Crippen LogP contribution is 2.24. The summed E-state index contributed by atoms with van der Waals surface area (Å²) < 4.78 is 1.24. The first-order chi connectivity index (χ1) is 7.65. The Hall–Kier alpha value is 0.1000. The first-order valence-electron chi connectivity index (χ1n) is 5.82. The zero-order chi connectivity index (χ0) is 11.5. The maximum Gasteiger partial charge on any atom is 0.0701 e. The van der Waals surface area contributed by atoms with Gasteiger partial charge in [-0.05, 0) is 55.0 Å². The molecule has 1 aromatic rings. The molecular formula is C12H19BrN2S. The van der Waals surface area contributed by atoms with Crippen molar-refractivity contribution in [2.45, 2.75) is 25.9 Å². The van der Waals surface area contributed by atoms with Crippen molar-refractivity contribution in [1.82, 2.24) is 9.80 Å². The fourth-order valence-corrected chi connectivity index (χ4v) is 3.80. The highest BCUT2D eigenvalue weighted by molar-refractivity contribution is 9.11. The number of hydrogen-bond donors (Lipinski definition) is 0. The van der Waals surface area contributed by atoms with Gasteiger partial charge in [0, 0.05) is 30.6 Å². The molecule has 1 fully saturated rings. The van der Waals surface area contributed by atoms with E-state index in [0.29, 0.717) is 6.04 Å². The van der Waals surface area contributed by atoms with Crippen LogP contribution < -0.4 is 0 Å². The van der Waals surface area contributed by atoms with Crippen molar-refractivity contribution >= 4 is 27.3 Å². The maximum atomic E-state index is 3.53. The van der Waals surface area contributed by atoms with E-state index >= 15 is 0 Å². The Kier molecular flexibility index (Phi) is 4.41. The van der Waals surface area contributed by atoms with Crippen molar-refractivity contribution < 1.29 is 0 Å². The molecule has 0 amide bonds. The summed E-state index contributed by atoms with van der Waals surface area (Å²) in [6.07, 6.45) is 1.29. The van der Waals surface area contributed by atoms with E-state index in [2.05, 4.69) is 51.8 Å². The number of halogens is 1. The van der Waals surface area contributed by atoms with Gasteiger partial charge in [-0.2, -0.15) is 0 Å². The molecule has 1 aliphatic heterocycles. The van der Waals surface area contributed by atoms with Crippen LogP contribution in [0.5, 0.6) is 0 Å². The van der Waals surface area contributed by atoms with Gasteiger partial charge < -0.3 is 4.90 Å². The van der Waals surface area contributed by atoms with E-state index in [4.69, 9.17) is 0 Å². The van der Waals surface area contributed by atoms with Gasteiger partial charge in [0.2, 0.25) is 0 Å². The van der Waals surface area contributed by atoms with Crippen LogP contribution in [0.3, 0.4) is 0 Å². The van der Waals surface area contributed by atoms with Gasteiger partial charge in [-0.3, -0.25) is 4.90 Å². The van der Waals surface area contributed by atoms with Crippen LogP contribution in [0.1, 0.15) is 18.2 Å². The summed E-state index contributed by atoms with van der Waals surface area (Å²) in [5.74, 6) is 0. The Morgan fingerprint density at radius 2 is 2.25 bits per heavy atom. The van der Waals surface area contributed by atoms with Gasteiger partial charge in [0.05, 0.1) is 3.79 Å². The Morgan fingerprint density at radius 1 is 1.44 bits per heavy atom. The molecule has 90 valence electrons. The summed E-state index contributed by atoms with van der Waals surface area (Å²) in [7, 11) is 2.22. The third kappa shape index (κ3) is 3.29. The lowest BCUT2D eigenvalue weighted by Crippen LogP contribution is -2.37. The van der Waals surface area contributed by atoms with Gasteiger partial charge in [-0.1, -0.05) is 0 Å². The molecule has 0 bridgehead atoms. The molecule has 1 unspecified atom stereocenters. The topological polar surface area (TPSA) is 6.48 Å². The predicted molar refractivity (Wildman–Crippen MR) is 74.0 cm³/mol. The highest BCUT2D eigenvalue weighted by Gasteiger charge is 2.19. The van der Waals surface area contributed by atoms with Gasteiger partial charge in [0.1, 0.15) is 0 Å². The molecule has 0 saturated carbocycles. The molecule has 2 heterocycles. The predicted octanol–water partition coefficient (Wildman–Crippen LogP) is 3.04. The Labute approximate surface area is 110 Å². The van der Waals surface area contributed by atoms with E-state index in [9.17, 15) is 0 Å². The molecule has 2 nitrogen and oxygen atoms in total. The van der Waals surface area contributed by atoms with Crippen LogP contribution in [0, 0.1) is 0 Å². The highest BCUT2D eigenvalue weighted by atomic mass is 79.9. The zero-order valence-corrected chi connectivity index (χ0v) is 12.4. The van der Waals surface area contributed by atoms with Crippen LogP contribution in [0.25, 0.3) is 0 Å². The lowest BCUT2D eigenvalue weighted by Gasteiger charge is -2.27. The summed E-state index contributed by atoms with van der Waals surface area (Å²) in [6.45, 7) is 7.08. The minimum Gasteiger partial charge on any atom is -0.305 e. The Balaban J connectivity index is 1.97. The second-order valence-electron chi connectivity index (χ2n) is 4.64. The summed E-state index contributed by atoms with van der Waals surface area (Å²) in [6, 6.07) is 5.04. The number of likely N-dealkylation sites (N-methyl/N-ethyl adjacent to an activating group) is 1. The van der Waals surface area contributed by atoms with E-state index in [1.807, 2.05) is 11.3 Å². The largest absolute Gasteiger partial charge is 0.305 e. The first-order valence-corrected chi connectivity index (χ1v) is 7.43. The number of nitrogens with zero attached hydrogens (tertiary/aromatic N) is 2. The van der Waals surface area contributed by atoms with Crippen LogP contribution in [0.15, 0.2) is 15.9 Å². The second-order valence-corrected chi connectivity index (χ2v) is 7.19. The third-order valence-electron chi connectivity index (χ3n) is 3.17. The van der Waals surface area contributed by atoms with Crippen molar-refractivity contribution in [2.24, 2.45) is 0 Å². The molecule has 1 aliphatic rings. The summed E-state index contributed by atoms with van der Waals surface area (Å²) in [5, 5.41) is 0. The molecule has 16 heavy (non-hydrogen) atoms. The van der Waals surface area contributed by atoms with Crippen LogP contribution in [-0.2, 0) is 6.54 Å².